The molecule has 0 rings (SSSR count). The molecule has 6 nitrogen and oxygen atoms in total. The van der Waals surface area contributed by atoms with Gasteiger partial charge in [0.25, 0.3) is 0 Å². The molecule has 6 heteroatoms. The van der Waals surface area contributed by atoms with Crippen molar-refractivity contribution in [3.05, 3.63) is 5.21 Å². The molecule has 2 N–H and O–H groups in total. The van der Waals surface area contributed by atoms with Crippen LogP contribution in [0.4, 0.5) is 0 Å². The van der Waals surface area contributed by atoms with Gasteiger partial charge in [0.15, 0.2) is 0 Å². The quantitative estimate of drug-likeness (QED) is 0.262. The second kappa shape index (κ2) is 6.66. The molecule has 0 radical (unpaired) electrons. The molecular formula is C6H16N4O2. The number of hydrogen-bond acceptors (Lipinski definition) is 3. The largest absolute Gasteiger partial charge is 0.569 e. The first kappa shape index (κ1) is 11.0. The highest BCUT2D eigenvalue weighted by Crippen LogP contribution is 1.92. The Morgan fingerprint density at radius 2 is 2.25 bits per heavy atom. The van der Waals surface area contributed by atoms with Crippen molar-refractivity contribution < 1.29 is 10.2 Å². The Hall–Kier alpha value is -1.04. The van der Waals surface area contributed by atoms with Crippen LogP contribution in [0, 0.1) is 5.21 Å². The second-order valence-corrected chi connectivity index (χ2v) is 2.53. The van der Waals surface area contributed by atoms with Gasteiger partial charge in [-0.05, 0) is 26.4 Å². The predicted molar refractivity (Wildman–Crippen MR) is 43.6 cm³/mol. The summed E-state index contributed by atoms with van der Waals surface area (Å²) in [5.74, 6) is 0. The summed E-state index contributed by atoms with van der Waals surface area (Å²) in [5, 5.41) is 25.5. The second-order valence-electron chi connectivity index (χ2n) is 2.53. The zero-order valence-electron chi connectivity index (χ0n) is 7.53. The van der Waals surface area contributed by atoms with Crippen LogP contribution in [0.1, 0.15) is 12.8 Å². The molecule has 0 aliphatic rings. The highest BCUT2D eigenvalue weighted by atomic mass is 16.6. The number of hydrogen-bond donors (Lipinski definition) is 2. The first-order chi connectivity index (χ1) is 5.72. The van der Waals surface area contributed by atoms with Crippen molar-refractivity contribution in [3.8, 4) is 0 Å². The Morgan fingerprint density at radius 3 is 2.75 bits per heavy atom. The van der Waals surface area contributed by atoms with E-state index in [9.17, 15) is 5.21 Å². The Morgan fingerprint density at radius 1 is 1.58 bits per heavy atom. The fourth-order valence-corrected chi connectivity index (χ4v) is 0.796. The molecule has 0 amide bonds. The van der Waals surface area contributed by atoms with Crippen LogP contribution in [0.5, 0.6) is 0 Å². The summed E-state index contributed by atoms with van der Waals surface area (Å²) in [6, 6.07) is 0. The number of unbranched alkanes of at least 4 members (excludes halogenated alkanes) is 1. The molecule has 0 saturated heterocycles. The fourth-order valence-electron chi connectivity index (χ4n) is 0.796. The SMILES string of the molecule is CNCCCCN(C)/[N+]([O-])=N/O. The Balaban J connectivity index is 3.37. The van der Waals surface area contributed by atoms with E-state index in [1.807, 2.05) is 7.05 Å². The van der Waals surface area contributed by atoms with Gasteiger partial charge in [-0.15, -0.1) is 5.01 Å². The van der Waals surface area contributed by atoms with Crippen LogP contribution < -0.4 is 5.32 Å². The molecular weight excluding hydrogens is 160 g/mol. The number of nitrogens with one attached hydrogen (secondary N) is 1. The third-order valence-electron chi connectivity index (χ3n) is 1.53. The van der Waals surface area contributed by atoms with Crippen molar-refractivity contribution in [2.45, 2.75) is 12.8 Å². The lowest BCUT2D eigenvalue weighted by molar-refractivity contribution is -0.704. The average molecular weight is 176 g/mol. The summed E-state index contributed by atoms with van der Waals surface area (Å²) in [7, 11) is 3.46. The van der Waals surface area contributed by atoms with E-state index in [0.29, 0.717) is 6.54 Å². The summed E-state index contributed by atoms with van der Waals surface area (Å²) in [5.41, 5.74) is 0. The fraction of sp³-hybridized carbons (Fsp3) is 1.00. The molecule has 0 aromatic heterocycles. The van der Waals surface area contributed by atoms with Crippen molar-refractivity contribution in [2.75, 3.05) is 27.2 Å². The van der Waals surface area contributed by atoms with E-state index in [2.05, 4.69) is 10.6 Å². The van der Waals surface area contributed by atoms with E-state index in [0.717, 1.165) is 19.4 Å². The maximum Gasteiger partial charge on any atom is 0.230 e. The van der Waals surface area contributed by atoms with Crippen molar-refractivity contribution in [3.63, 3.8) is 0 Å². The molecule has 72 valence electrons. The molecule has 0 aliphatic heterocycles. The van der Waals surface area contributed by atoms with Crippen molar-refractivity contribution in [1.29, 1.82) is 0 Å². The van der Waals surface area contributed by atoms with Crippen LogP contribution in [0.15, 0.2) is 5.28 Å². The Labute approximate surface area is 72.0 Å². The Kier molecular flexibility index (Phi) is 6.08. The molecule has 0 aromatic rings. The standard InChI is InChI=1S/C6H16N4O2/c1-7-5-3-4-6-9(2)10(12)8-11/h7,11H,3-6H2,1-2H3/b10-8-. The molecule has 0 bridgehead atoms. The first-order valence-electron chi connectivity index (χ1n) is 3.90. The normalized spacial score (nSPS) is 11.7. The summed E-state index contributed by atoms with van der Waals surface area (Å²) in [6.45, 7) is 1.53. The summed E-state index contributed by atoms with van der Waals surface area (Å²) < 4.78 is 0. The molecule has 0 atom stereocenters. The molecule has 0 unspecified atom stereocenters. The molecule has 0 aliphatic carbocycles. The highest BCUT2D eigenvalue weighted by molar-refractivity contribution is 4.44. The van der Waals surface area contributed by atoms with E-state index < -0.39 is 0 Å². The van der Waals surface area contributed by atoms with Crippen LogP contribution in [0.3, 0.4) is 0 Å². The summed E-state index contributed by atoms with van der Waals surface area (Å²) in [6.07, 6.45) is 1.89. The number of nitrogens with zero attached hydrogens (tertiary/aromatic N) is 3. The molecule has 0 spiro atoms. The van der Waals surface area contributed by atoms with Gasteiger partial charge in [0.05, 0.1) is 18.6 Å². The molecule has 0 heterocycles. The minimum Gasteiger partial charge on any atom is -0.569 e. The van der Waals surface area contributed by atoms with Crippen molar-refractivity contribution in [1.82, 2.24) is 10.3 Å². The van der Waals surface area contributed by atoms with Gasteiger partial charge >= 0.3 is 0 Å². The van der Waals surface area contributed by atoms with Gasteiger partial charge in [0.1, 0.15) is 0 Å². The lowest BCUT2D eigenvalue weighted by Crippen LogP contribution is -2.27. The van der Waals surface area contributed by atoms with E-state index >= 15 is 0 Å². The predicted octanol–water partition coefficient (Wildman–Crippen LogP) is 0.184. The van der Waals surface area contributed by atoms with Crippen LogP contribution in [0.2, 0.25) is 0 Å². The molecule has 0 fully saturated rings. The molecule has 0 saturated carbocycles. The topological polar surface area (TPSA) is 73.9 Å². The van der Waals surface area contributed by atoms with Gasteiger partial charge in [0.2, 0.25) is 5.28 Å². The van der Waals surface area contributed by atoms with Crippen LogP contribution >= 0.6 is 0 Å². The smallest absolute Gasteiger partial charge is 0.230 e. The zero-order chi connectivity index (χ0) is 9.40. The minimum atomic E-state index is 0.166. The van der Waals surface area contributed by atoms with Gasteiger partial charge in [-0.25, -0.2) is 0 Å². The highest BCUT2D eigenvalue weighted by Gasteiger charge is 2.03. The van der Waals surface area contributed by atoms with E-state index in [1.54, 1.807) is 7.05 Å². The van der Waals surface area contributed by atoms with Crippen LogP contribution in [0.25, 0.3) is 0 Å². The minimum absolute atomic E-state index is 0.166. The number of hydrazine groups is 1. The maximum absolute atomic E-state index is 10.6. The van der Waals surface area contributed by atoms with Crippen LogP contribution in [-0.2, 0) is 0 Å². The number of rotatable bonds is 6. The third-order valence-corrected chi connectivity index (χ3v) is 1.53. The summed E-state index contributed by atoms with van der Waals surface area (Å²) >= 11 is 0. The van der Waals surface area contributed by atoms with Gasteiger partial charge in [-0.1, -0.05) is 0 Å². The van der Waals surface area contributed by atoms with Crippen molar-refractivity contribution in [2.24, 2.45) is 5.28 Å². The lowest BCUT2D eigenvalue weighted by Gasteiger charge is -2.11. The van der Waals surface area contributed by atoms with E-state index in [1.165, 1.54) is 5.01 Å². The summed E-state index contributed by atoms with van der Waals surface area (Å²) in [4.78, 5) is 0.166. The van der Waals surface area contributed by atoms with E-state index in [4.69, 9.17) is 5.21 Å². The Bertz CT molecular complexity index is 140. The maximum atomic E-state index is 10.6. The van der Waals surface area contributed by atoms with Crippen molar-refractivity contribution >= 4 is 0 Å². The van der Waals surface area contributed by atoms with E-state index in [-0.39, 0.29) is 4.97 Å². The van der Waals surface area contributed by atoms with Gasteiger partial charge < -0.3 is 15.7 Å². The van der Waals surface area contributed by atoms with Gasteiger partial charge in [0, 0.05) is 0 Å². The molecule has 0 aromatic carbocycles. The third kappa shape index (κ3) is 4.73. The average Bonchev–Trinajstić information content (AvgIpc) is 2.10. The lowest BCUT2D eigenvalue weighted by atomic mass is 10.3. The van der Waals surface area contributed by atoms with Crippen LogP contribution in [-0.4, -0.2) is 42.4 Å². The first-order valence-corrected chi connectivity index (χ1v) is 3.90. The van der Waals surface area contributed by atoms with Gasteiger partial charge in [-0.2, -0.15) is 0 Å². The monoisotopic (exact) mass is 176 g/mol. The van der Waals surface area contributed by atoms with Gasteiger partial charge in [-0.3, -0.25) is 0 Å². The zero-order valence-corrected chi connectivity index (χ0v) is 7.53. The molecule has 12 heavy (non-hydrogen) atoms.